The number of hydrogen-bond donors (Lipinski definition) is 0. The van der Waals surface area contributed by atoms with Crippen molar-refractivity contribution in [1.29, 1.82) is 0 Å². The van der Waals surface area contributed by atoms with Crippen LogP contribution in [0.25, 0.3) is 0 Å². The number of fused-ring (bicyclic) bond motifs is 3. The maximum Gasteiger partial charge on any atom is 0.340 e. The first-order valence-corrected chi connectivity index (χ1v) is 15.0. The van der Waals surface area contributed by atoms with E-state index in [1.807, 2.05) is 0 Å². The minimum atomic E-state index is -4.63. The molecule has 0 amide bonds. The van der Waals surface area contributed by atoms with Crippen LogP contribution < -0.4 is 0 Å². The predicted octanol–water partition coefficient (Wildman–Crippen LogP) is 7.92. The molecule has 5 aliphatic carbocycles. The number of benzene rings is 1. The van der Waals surface area contributed by atoms with Gasteiger partial charge in [-0.1, -0.05) is 37.5 Å². The van der Waals surface area contributed by atoms with Crippen LogP contribution in [0, 0.1) is 36.0 Å². The van der Waals surface area contributed by atoms with E-state index in [-0.39, 0.29) is 30.6 Å². The van der Waals surface area contributed by atoms with Crippen molar-refractivity contribution in [3.63, 3.8) is 0 Å². The summed E-state index contributed by atoms with van der Waals surface area (Å²) in [5.74, 6) is -7.47. The van der Waals surface area contributed by atoms with E-state index < -0.39 is 38.9 Å². The molecule has 0 spiro atoms. The Kier molecular flexibility index (Phi) is 6.58. The topological polar surface area (TPSA) is 43.4 Å². The molecule has 0 saturated heterocycles. The van der Waals surface area contributed by atoms with Gasteiger partial charge in [0.25, 0.3) is 10.1 Å². The van der Waals surface area contributed by atoms with Gasteiger partial charge in [0.05, 0.1) is 4.90 Å². The second-order valence-corrected chi connectivity index (χ2v) is 13.8. The Morgan fingerprint density at radius 3 is 1.78 bits per heavy atom. The van der Waals surface area contributed by atoms with Gasteiger partial charge in [0.2, 0.25) is 0 Å². The molecule has 0 unspecified atom stereocenters. The maximum absolute atomic E-state index is 15.9. The van der Waals surface area contributed by atoms with Crippen molar-refractivity contribution in [2.75, 3.05) is 0 Å². The molecule has 0 radical (unpaired) electrons. The van der Waals surface area contributed by atoms with E-state index in [1.165, 1.54) is 49.9 Å². The lowest BCUT2D eigenvalue weighted by atomic mass is 9.48. The molecule has 5 fully saturated rings. The summed E-state index contributed by atoms with van der Waals surface area (Å²) in [5.41, 5.74) is -3.71. The first kappa shape index (κ1) is 26.5. The van der Waals surface area contributed by atoms with E-state index in [9.17, 15) is 8.42 Å². The van der Waals surface area contributed by atoms with Crippen LogP contribution >= 0.6 is 0 Å². The SMILES string of the molecule is Cc1ccc(S(=O)(=O)OC23CCC(C4CCC(C5CCC(C)CC5)CC4)(CC2)C(F)(F)C3(F)F)cc1. The highest BCUT2D eigenvalue weighted by Crippen LogP contribution is 2.72. The molecule has 5 saturated carbocycles. The van der Waals surface area contributed by atoms with Crippen LogP contribution in [0.4, 0.5) is 17.6 Å². The normalized spacial score (nSPS) is 40.2. The molecule has 1 aromatic carbocycles. The zero-order valence-electron chi connectivity index (χ0n) is 21.2. The molecule has 0 aliphatic heterocycles. The fourth-order valence-corrected chi connectivity index (χ4v) is 9.25. The van der Waals surface area contributed by atoms with Crippen molar-refractivity contribution in [2.24, 2.45) is 29.1 Å². The van der Waals surface area contributed by atoms with Crippen molar-refractivity contribution in [3.8, 4) is 0 Å². The zero-order chi connectivity index (χ0) is 26.0. The Morgan fingerprint density at radius 2 is 1.25 bits per heavy atom. The van der Waals surface area contributed by atoms with Crippen LogP contribution in [0.1, 0.15) is 89.5 Å². The average Bonchev–Trinajstić information content (AvgIpc) is 2.84. The van der Waals surface area contributed by atoms with Crippen molar-refractivity contribution in [1.82, 2.24) is 0 Å². The zero-order valence-corrected chi connectivity index (χ0v) is 22.1. The highest BCUT2D eigenvalue weighted by atomic mass is 32.2. The van der Waals surface area contributed by atoms with Gasteiger partial charge in [-0.05, 0) is 107 Å². The minimum absolute atomic E-state index is 0.130. The van der Waals surface area contributed by atoms with Gasteiger partial charge in [0.15, 0.2) is 5.60 Å². The lowest BCUT2D eigenvalue weighted by molar-refractivity contribution is -0.386. The highest BCUT2D eigenvalue weighted by Gasteiger charge is 2.84. The highest BCUT2D eigenvalue weighted by molar-refractivity contribution is 7.86. The quantitative estimate of drug-likeness (QED) is 0.287. The predicted molar refractivity (Wildman–Crippen MR) is 130 cm³/mol. The Labute approximate surface area is 212 Å². The first-order chi connectivity index (χ1) is 16.8. The Balaban J connectivity index is 1.34. The van der Waals surface area contributed by atoms with Gasteiger partial charge in [0, 0.05) is 5.41 Å². The van der Waals surface area contributed by atoms with Crippen LogP contribution in [-0.4, -0.2) is 25.9 Å². The molecule has 2 bridgehead atoms. The van der Waals surface area contributed by atoms with E-state index in [2.05, 4.69) is 6.92 Å². The smallest absolute Gasteiger partial charge is 0.253 e. The molecular formula is C28H38F4O3S. The minimum Gasteiger partial charge on any atom is -0.253 e. The number of halogens is 4. The van der Waals surface area contributed by atoms with E-state index >= 15 is 17.6 Å². The van der Waals surface area contributed by atoms with Gasteiger partial charge in [0.1, 0.15) is 0 Å². The molecular weight excluding hydrogens is 492 g/mol. The largest absolute Gasteiger partial charge is 0.340 e. The molecule has 3 nitrogen and oxygen atoms in total. The van der Waals surface area contributed by atoms with Crippen molar-refractivity contribution >= 4 is 10.1 Å². The van der Waals surface area contributed by atoms with Crippen LogP contribution in [0.15, 0.2) is 29.2 Å². The monoisotopic (exact) mass is 530 g/mol. The molecule has 0 heterocycles. The Bertz CT molecular complexity index is 1040. The van der Waals surface area contributed by atoms with E-state index in [4.69, 9.17) is 4.18 Å². The Hall–Kier alpha value is -1.15. The van der Waals surface area contributed by atoms with Gasteiger partial charge in [-0.2, -0.15) is 26.0 Å². The molecule has 36 heavy (non-hydrogen) atoms. The molecule has 0 atom stereocenters. The molecule has 1 aromatic rings. The summed E-state index contributed by atoms with van der Waals surface area (Å²) in [6, 6.07) is 5.58. The number of alkyl halides is 4. The van der Waals surface area contributed by atoms with Gasteiger partial charge in [-0.25, -0.2) is 0 Å². The van der Waals surface area contributed by atoms with Gasteiger partial charge >= 0.3 is 11.8 Å². The summed E-state index contributed by atoms with van der Waals surface area (Å²) in [6.45, 7) is 4.03. The van der Waals surface area contributed by atoms with E-state index in [0.29, 0.717) is 24.7 Å². The third-order valence-corrected chi connectivity index (χ3v) is 11.8. The van der Waals surface area contributed by atoms with Gasteiger partial charge in [-0.3, -0.25) is 4.18 Å². The molecule has 8 heteroatoms. The molecule has 202 valence electrons. The van der Waals surface area contributed by atoms with Crippen molar-refractivity contribution in [2.45, 2.75) is 113 Å². The van der Waals surface area contributed by atoms with Crippen LogP contribution in [0.2, 0.25) is 0 Å². The fourth-order valence-electron chi connectivity index (χ4n) is 7.99. The van der Waals surface area contributed by atoms with Crippen molar-refractivity contribution < 1.29 is 30.2 Å². The van der Waals surface area contributed by atoms with Gasteiger partial charge in [-0.15, -0.1) is 0 Å². The van der Waals surface area contributed by atoms with Crippen molar-refractivity contribution in [3.05, 3.63) is 29.8 Å². The standard InChI is InChI=1S/C28H38F4O3S/c1-19-3-7-21(8-4-19)22-9-11-23(12-10-22)25-15-17-26(18-16-25,28(31,32)27(25,29)30)35-36(33,34)24-13-5-20(2)6-14-24/h5-6,13-14,19,21-23H,3-4,7-12,15-18H2,1-2H3. The summed E-state index contributed by atoms with van der Waals surface area (Å²) in [7, 11) is -4.63. The molecule has 0 aromatic heterocycles. The number of hydrogen-bond acceptors (Lipinski definition) is 3. The number of rotatable bonds is 5. The molecule has 0 N–H and O–H groups in total. The van der Waals surface area contributed by atoms with Crippen LogP contribution in [0.5, 0.6) is 0 Å². The lowest BCUT2D eigenvalue weighted by Crippen LogP contribution is -2.75. The summed E-state index contributed by atoms with van der Waals surface area (Å²) in [4.78, 5) is -0.292. The maximum atomic E-state index is 15.9. The number of aryl methyl sites for hydroxylation is 1. The van der Waals surface area contributed by atoms with Gasteiger partial charge < -0.3 is 0 Å². The fraction of sp³-hybridized carbons (Fsp3) is 0.786. The van der Waals surface area contributed by atoms with E-state index in [0.717, 1.165) is 24.3 Å². The second-order valence-electron chi connectivity index (χ2n) is 12.3. The molecule has 6 rings (SSSR count). The summed E-state index contributed by atoms with van der Waals surface area (Å²) in [5, 5.41) is 0. The van der Waals surface area contributed by atoms with E-state index in [1.54, 1.807) is 6.92 Å². The lowest BCUT2D eigenvalue weighted by Gasteiger charge is -2.63. The second kappa shape index (κ2) is 8.96. The third kappa shape index (κ3) is 3.95. The average molecular weight is 531 g/mol. The third-order valence-electron chi connectivity index (χ3n) is 10.4. The summed E-state index contributed by atoms with van der Waals surface area (Å²) in [6.07, 6.45) is 6.56. The first-order valence-electron chi connectivity index (χ1n) is 13.6. The summed E-state index contributed by atoms with van der Waals surface area (Å²) < 4.78 is 94.0. The Morgan fingerprint density at radius 1 is 0.750 bits per heavy atom. The summed E-state index contributed by atoms with van der Waals surface area (Å²) >= 11 is 0. The molecule has 5 aliphatic rings. The van der Waals surface area contributed by atoms with Crippen LogP contribution in [-0.2, 0) is 14.3 Å². The van der Waals surface area contributed by atoms with Crippen LogP contribution in [0.3, 0.4) is 0 Å².